The number of anilines is 1. The average Bonchev–Trinajstić information content (AvgIpc) is 2.74. The summed E-state index contributed by atoms with van der Waals surface area (Å²) in [6.45, 7) is 0.413. The lowest BCUT2D eigenvalue weighted by atomic mass is 10.2. The lowest BCUT2D eigenvalue weighted by molar-refractivity contribution is 0.284. The van der Waals surface area contributed by atoms with E-state index in [2.05, 4.69) is 31.8 Å². The molecule has 3 aromatic carbocycles. The second-order valence-electron chi connectivity index (χ2n) is 5.98. The van der Waals surface area contributed by atoms with Gasteiger partial charge in [-0.2, -0.15) is 5.10 Å². The number of hydrogen-bond acceptors (Lipinski definition) is 4. The summed E-state index contributed by atoms with van der Waals surface area (Å²) in [7, 11) is 1.61. The van der Waals surface area contributed by atoms with Crippen LogP contribution in [0, 0.1) is 0 Å². The van der Waals surface area contributed by atoms with E-state index in [4.69, 9.17) is 21.7 Å². The van der Waals surface area contributed by atoms with Gasteiger partial charge in [0.1, 0.15) is 6.61 Å². The number of methoxy groups -OCH3 is 1. The summed E-state index contributed by atoms with van der Waals surface area (Å²) in [5, 5.41) is 7.68. The van der Waals surface area contributed by atoms with Crippen LogP contribution in [-0.4, -0.2) is 18.4 Å². The summed E-state index contributed by atoms with van der Waals surface area (Å²) in [4.78, 5) is 0. The molecule has 0 bridgehead atoms. The van der Waals surface area contributed by atoms with Gasteiger partial charge in [-0.15, -0.1) is 0 Å². The molecule has 7 heteroatoms. The van der Waals surface area contributed by atoms with Crippen molar-refractivity contribution in [3.63, 3.8) is 0 Å². The number of hydrogen-bond donors (Lipinski definition) is 2. The second-order valence-corrected chi connectivity index (χ2v) is 7.31. The minimum Gasteiger partial charge on any atom is -0.493 e. The van der Waals surface area contributed by atoms with Gasteiger partial charge in [0.25, 0.3) is 0 Å². The van der Waals surface area contributed by atoms with Crippen LogP contribution in [0.25, 0.3) is 0 Å². The van der Waals surface area contributed by atoms with Crippen LogP contribution >= 0.6 is 28.1 Å². The molecule has 0 amide bonds. The molecule has 148 valence electrons. The molecule has 2 N–H and O–H groups in total. The van der Waals surface area contributed by atoms with Gasteiger partial charge in [0.15, 0.2) is 16.6 Å². The first kappa shape index (κ1) is 20.8. The van der Waals surface area contributed by atoms with Crippen molar-refractivity contribution in [3.05, 3.63) is 88.4 Å². The van der Waals surface area contributed by atoms with Gasteiger partial charge in [-0.3, -0.25) is 5.43 Å². The first-order chi connectivity index (χ1) is 14.2. The molecule has 0 saturated carbocycles. The van der Waals surface area contributed by atoms with Crippen molar-refractivity contribution in [2.75, 3.05) is 12.4 Å². The lowest BCUT2D eigenvalue weighted by Crippen LogP contribution is -2.23. The lowest BCUT2D eigenvalue weighted by Gasteiger charge is -2.13. The van der Waals surface area contributed by atoms with E-state index in [-0.39, 0.29) is 0 Å². The summed E-state index contributed by atoms with van der Waals surface area (Å²) < 4.78 is 12.5. The van der Waals surface area contributed by atoms with E-state index < -0.39 is 0 Å². The number of para-hydroxylation sites is 2. The van der Waals surface area contributed by atoms with Gasteiger partial charge in [-0.05, 0) is 54.2 Å². The molecule has 0 fully saturated rings. The third kappa shape index (κ3) is 6.30. The third-order valence-corrected chi connectivity index (χ3v) is 4.65. The van der Waals surface area contributed by atoms with E-state index in [1.54, 1.807) is 13.3 Å². The van der Waals surface area contributed by atoms with Crippen LogP contribution in [0.4, 0.5) is 5.69 Å². The highest BCUT2D eigenvalue weighted by Gasteiger charge is 2.10. The van der Waals surface area contributed by atoms with E-state index in [1.165, 1.54) is 0 Å². The molecule has 3 rings (SSSR count). The zero-order chi connectivity index (χ0) is 20.5. The molecule has 3 aromatic rings. The van der Waals surface area contributed by atoms with Crippen LogP contribution in [0.15, 0.2) is 82.4 Å². The molecular formula is C22H20BrN3O2S. The molecule has 0 saturated heterocycles. The summed E-state index contributed by atoms with van der Waals surface area (Å²) in [6.07, 6.45) is 1.65. The number of halogens is 1. The Labute approximate surface area is 183 Å². The van der Waals surface area contributed by atoms with Crippen molar-refractivity contribution in [1.82, 2.24) is 5.43 Å². The van der Waals surface area contributed by atoms with Gasteiger partial charge >= 0.3 is 0 Å². The van der Waals surface area contributed by atoms with Gasteiger partial charge in [-0.25, -0.2) is 0 Å². The zero-order valence-electron chi connectivity index (χ0n) is 15.8. The number of rotatable bonds is 7. The Hall–Kier alpha value is -2.90. The molecule has 0 aliphatic heterocycles. The van der Waals surface area contributed by atoms with E-state index in [9.17, 15) is 0 Å². The molecule has 0 spiro atoms. The Morgan fingerprint density at radius 1 is 1.03 bits per heavy atom. The maximum Gasteiger partial charge on any atom is 0.191 e. The average molecular weight is 470 g/mol. The highest BCUT2D eigenvalue weighted by atomic mass is 79.9. The molecule has 0 unspecified atom stereocenters. The zero-order valence-corrected chi connectivity index (χ0v) is 18.2. The van der Waals surface area contributed by atoms with Crippen LogP contribution in [0.2, 0.25) is 0 Å². The minimum atomic E-state index is 0.396. The molecule has 0 aromatic heterocycles. The van der Waals surface area contributed by atoms with Crippen molar-refractivity contribution >= 4 is 45.2 Å². The Morgan fingerprint density at radius 3 is 2.52 bits per heavy atom. The standard InChI is InChI=1S/C22H20BrN3O2S/c1-27-20-9-5-6-17(21(20)28-15-16-10-12-18(23)13-11-16)14-24-26-22(29)25-19-7-3-2-4-8-19/h2-14H,15H2,1H3,(H2,25,26,29)/b24-14-. The van der Waals surface area contributed by atoms with Gasteiger partial charge < -0.3 is 14.8 Å². The normalized spacial score (nSPS) is 10.6. The monoisotopic (exact) mass is 469 g/mol. The maximum absolute atomic E-state index is 6.03. The van der Waals surface area contributed by atoms with E-state index in [0.717, 1.165) is 21.3 Å². The van der Waals surface area contributed by atoms with Gasteiger partial charge in [-0.1, -0.05) is 52.3 Å². The van der Waals surface area contributed by atoms with Crippen LogP contribution in [0.3, 0.4) is 0 Å². The van der Waals surface area contributed by atoms with E-state index in [0.29, 0.717) is 23.2 Å². The molecule has 0 heterocycles. The Morgan fingerprint density at radius 2 is 1.79 bits per heavy atom. The third-order valence-electron chi connectivity index (χ3n) is 3.93. The van der Waals surface area contributed by atoms with Crippen LogP contribution in [0.5, 0.6) is 11.5 Å². The highest BCUT2D eigenvalue weighted by Crippen LogP contribution is 2.31. The quantitative estimate of drug-likeness (QED) is 0.277. The smallest absolute Gasteiger partial charge is 0.191 e. The fourth-order valence-corrected chi connectivity index (χ4v) is 2.96. The summed E-state index contributed by atoms with van der Waals surface area (Å²) in [5.74, 6) is 1.25. The Balaban J connectivity index is 1.67. The molecular weight excluding hydrogens is 450 g/mol. The van der Waals surface area contributed by atoms with Crippen molar-refractivity contribution in [2.24, 2.45) is 5.10 Å². The van der Waals surface area contributed by atoms with E-state index >= 15 is 0 Å². The molecule has 0 radical (unpaired) electrons. The first-order valence-electron chi connectivity index (χ1n) is 8.85. The number of nitrogens with one attached hydrogen (secondary N) is 2. The number of thiocarbonyl (C=S) groups is 1. The minimum absolute atomic E-state index is 0.396. The first-order valence-corrected chi connectivity index (χ1v) is 10.0. The largest absolute Gasteiger partial charge is 0.493 e. The molecule has 0 aliphatic rings. The number of ether oxygens (including phenoxy) is 2. The molecule has 0 atom stereocenters. The van der Waals surface area contributed by atoms with Crippen molar-refractivity contribution in [1.29, 1.82) is 0 Å². The maximum atomic E-state index is 6.03. The van der Waals surface area contributed by atoms with Gasteiger partial charge in [0.05, 0.1) is 13.3 Å². The molecule has 29 heavy (non-hydrogen) atoms. The topological polar surface area (TPSA) is 54.9 Å². The van der Waals surface area contributed by atoms with E-state index in [1.807, 2.05) is 72.8 Å². The number of hydrazone groups is 1. The van der Waals surface area contributed by atoms with Gasteiger partial charge in [0.2, 0.25) is 0 Å². The summed E-state index contributed by atoms with van der Waals surface area (Å²) in [5.41, 5.74) is 5.53. The van der Waals surface area contributed by atoms with Crippen LogP contribution in [-0.2, 0) is 6.61 Å². The van der Waals surface area contributed by atoms with Crippen molar-refractivity contribution < 1.29 is 9.47 Å². The predicted octanol–water partition coefficient (Wildman–Crippen LogP) is 5.36. The Kier molecular flexibility index (Phi) is 7.61. The second kappa shape index (κ2) is 10.6. The molecule has 5 nitrogen and oxygen atoms in total. The predicted molar refractivity (Wildman–Crippen MR) is 125 cm³/mol. The molecule has 0 aliphatic carbocycles. The fraction of sp³-hybridized carbons (Fsp3) is 0.0909. The van der Waals surface area contributed by atoms with Crippen LogP contribution < -0.4 is 20.2 Å². The SMILES string of the molecule is COc1cccc(/C=N\NC(=S)Nc2ccccc2)c1OCc1ccc(Br)cc1. The van der Waals surface area contributed by atoms with Crippen LogP contribution in [0.1, 0.15) is 11.1 Å². The highest BCUT2D eigenvalue weighted by molar-refractivity contribution is 9.10. The Bertz CT molecular complexity index is 979. The van der Waals surface area contributed by atoms with Gasteiger partial charge in [0, 0.05) is 15.7 Å². The number of nitrogens with zero attached hydrogens (tertiary/aromatic N) is 1. The number of benzene rings is 3. The summed E-state index contributed by atoms with van der Waals surface area (Å²) in [6, 6.07) is 23.3. The van der Waals surface area contributed by atoms with Crippen molar-refractivity contribution in [3.8, 4) is 11.5 Å². The summed E-state index contributed by atoms with van der Waals surface area (Å²) >= 11 is 8.70. The van der Waals surface area contributed by atoms with Crippen molar-refractivity contribution in [2.45, 2.75) is 6.61 Å². The fourth-order valence-electron chi connectivity index (χ4n) is 2.53.